The average Bonchev–Trinajstić information content (AvgIpc) is 3.77. The summed E-state index contributed by atoms with van der Waals surface area (Å²) in [4.78, 5) is 0. The van der Waals surface area contributed by atoms with E-state index in [9.17, 15) is 20.4 Å². The van der Waals surface area contributed by atoms with Crippen molar-refractivity contribution in [1.29, 1.82) is 0 Å². The van der Waals surface area contributed by atoms with Gasteiger partial charge in [0.05, 0.1) is 10.8 Å². The Kier molecular flexibility index (Phi) is 6.53. The molecule has 310 valence electrons. The van der Waals surface area contributed by atoms with Gasteiger partial charge in [-0.15, -0.1) is 0 Å². The smallest absolute Gasteiger partial charge is 0.140 e. The summed E-state index contributed by atoms with van der Waals surface area (Å²) in [5.41, 5.74) is 11.3. The summed E-state index contributed by atoms with van der Waals surface area (Å²) in [7, 11) is 0. The molecule has 2 spiro atoms. The van der Waals surface area contributed by atoms with Crippen molar-refractivity contribution in [3.63, 3.8) is 0 Å². The molecule has 2 aliphatic carbocycles. The second kappa shape index (κ2) is 12.1. The van der Waals surface area contributed by atoms with Gasteiger partial charge in [0.25, 0.3) is 0 Å². The second-order valence-corrected chi connectivity index (χ2v) is 18.2. The highest BCUT2D eigenvalue weighted by atomic mass is 16.5. The molecule has 0 bridgehead atoms. The number of hydrogen-bond acceptors (Lipinski definition) is 6. The highest BCUT2D eigenvalue weighted by Gasteiger charge is 2.56. The minimum atomic E-state index is -0.839. The monoisotopic (exact) mass is 850 g/mol. The Bertz CT molecular complexity index is 3870. The SMILES string of the molecule is Oc1ccc2cc3c(cc2c1)Oc1c(ccc2cc(O)ccc12)C31c2ccccc2-c2cc3c(cc21)-c1ccccc1C31c2ccc3cc(O)ccc3c2Oc2c1ccc1cc(O)ccc21. The lowest BCUT2D eigenvalue weighted by Gasteiger charge is -2.41. The Labute approximate surface area is 377 Å². The van der Waals surface area contributed by atoms with Gasteiger partial charge in [-0.3, -0.25) is 0 Å². The molecule has 6 nitrogen and oxygen atoms in total. The first kappa shape index (κ1) is 35.7. The van der Waals surface area contributed by atoms with Gasteiger partial charge in [0, 0.05) is 38.4 Å². The maximum atomic E-state index is 10.7. The van der Waals surface area contributed by atoms with Crippen LogP contribution in [0.4, 0.5) is 0 Å². The van der Waals surface area contributed by atoms with Gasteiger partial charge < -0.3 is 29.9 Å². The summed E-state index contributed by atoms with van der Waals surface area (Å²) in [5.74, 6) is 3.61. The van der Waals surface area contributed by atoms with E-state index >= 15 is 0 Å². The van der Waals surface area contributed by atoms with Crippen LogP contribution in [0.3, 0.4) is 0 Å². The van der Waals surface area contributed by atoms with Gasteiger partial charge in [-0.1, -0.05) is 91.0 Å². The molecule has 66 heavy (non-hydrogen) atoms. The van der Waals surface area contributed by atoms with Crippen molar-refractivity contribution in [1.82, 2.24) is 0 Å². The first-order chi connectivity index (χ1) is 32.3. The quantitative estimate of drug-likeness (QED) is 0.121. The molecule has 0 amide bonds. The normalized spacial score (nSPS) is 16.2. The lowest BCUT2D eigenvalue weighted by atomic mass is 9.63. The zero-order chi connectivity index (χ0) is 43.8. The third kappa shape index (κ3) is 4.22. The van der Waals surface area contributed by atoms with Crippen molar-refractivity contribution < 1.29 is 29.9 Å². The van der Waals surface area contributed by atoms with E-state index in [2.05, 4.69) is 109 Å². The topological polar surface area (TPSA) is 99.4 Å². The van der Waals surface area contributed by atoms with Crippen LogP contribution in [0.2, 0.25) is 0 Å². The highest BCUT2D eigenvalue weighted by Crippen LogP contribution is 2.69. The van der Waals surface area contributed by atoms with Crippen LogP contribution in [0.25, 0.3) is 65.3 Å². The average molecular weight is 851 g/mol. The minimum Gasteiger partial charge on any atom is -0.508 e. The van der Waals surface area contributed by atoms with Crippen LogP contribution in [0, 0.1) is 0 Å². The van der Waals surface area contributed by atoms with Crippen molar-refractivity contribution in [2.45, 2.75) is 10.8 Å². The second-order valence-electron chi connectivity index (χ2n) is 18.2. The first-order valence-electron chi connectivity index (χ1n) is 22.1. The van der Waals surface area contributed by atoms with Gasteiger partial charge in [-0.05, 0) is 162 Å². The predicted octanol–water partition coefficient (Wildman–Crippen LogP) is 14.1. The maximum Gasteiger partial charge on any atom is 0.140 e. The lowest BCUT2D eigenvalue weighted by Crippen LogP contribution is -2.33. The van der Waals surface area contributed by atoms with Crippen LogP contribution >= 0.6 is 0 Å². The number of phenols is 4. The number of aromatic hydroxyl groups is 4. The molecule has 11 aromatic carbocycles. The molecule has 1 atom stereocenters. The molecule has 6 heteroatoms. The molecule has 4 N–H and O–H groups in total. The molecule has 4 aliphatic rings. The Morgan fingerprint density at radius 3 is 1.18 bits per heavy atom. The molecular weight excluding hydrogens is 817 g/mol. The Morgan fingerprint density at radius 2 is 0.682 bits per heavy atom. The van der Waals surface area contributed by atoms with Gasteiger partial charge >= 0.3 is 0 Å². The van der Waals surface area contributed by atoms with Crippen molar-refractivity contribution >= 4 is 43.1 Å². The van der Waals surface area contributed by atoms with E-state index in [0.29, 0.717) is 5.75 Å². The van der Waals surface area contributed by atoms with Gasteiger partial charge in [0.1, 0.15) is 46.0 Å². The Balaban J connectivity index is 1.11. The molecule has 2 aliphatic heterocycles. The Morgan fingerprint density at radius 1 is 0.273 bits per heavy atom. The van der Waals surface area contributed by atoms with Gasteiger partial charge in [-0.2, -0.15) is 0 Å². The zero-order valence-corrected chi connectivity index (χ0v) is 34.9. The summed E-state index contributed by atoms with van der Waals surface area (Å²) in [6.45, 7) is 0. The third-order valence-electron chi connectivity index (χ3n) is 15.0. The van der Waals surface area contributed by atoms with Crippen LogP contribution in [-0.2, 0) is 10.8 Å². The number of ether oxygens (including phenoxy) is 2. The number of benzene rings is 11. The van der Waals surface area contributed by atoms with E-state index in [4.69, 9.17) is 9.47 Å². The van der Waals surface area contributed by atoms with Crippen LogP contribution < -0.4 is 9.47 Å². The summed E-state index contributed by atoms with van der Waals surface area (Å²) < 4.78 is 14.3. The molecular formula is C60H34O6. The van der Waals surface area contributed by atoms with Crippen molar-refractivity contribution in [3.05, 3.63) is 226 Å². The summed E-state index contributed by atoms with van der Waals surface area (Å²) in [5, 5.41) is 49.7. The molecule has 0 radical (unpaired) electrons. The van der Waals surface area contributed by atoms with E-state index in [1.807, 2.05) is 24.3 Å². The van der Waals surface area contributed by atoms with Gasteiger partial charge in [-0.25, -0.2) is 0 Å². The molecule has 11 aromatic rings. The highest BCUT2D eigenvalue weighted by molar-refractivity contribution is 6.04. The van der Waals surface area contributed by atoms with Crippen LogP contribution in [-0.4, -0.2) is 20.4 Å². The van der Waals surface area contributed by atoms with E-state index in [-0.39, 0.29) is 23.0 Å². The fraction of sp³-hybridized carbons (Fsp3) is 0.0333. The van der Waals surface area contributed by atoms with E-state index in [0.717, 1.165) is 127 Å². The molecule has 0 fully saturated rings. The number of phenolic OH excluding ortho intramolecular Hbond substituents is 4. The molecule has 0 aromatic heterocycles. The number of hydrogen-bond donors (Lipinski definition) is 4. The Hall–Kier alpha value is -8.74. The van der Waals surface area contributed by atoms with E-state index in [1.54, 1.807) is 48.5 Å². The van der Waals surface area contributed by atoms with Crippen LogP contribution in [0.1, 0.15) is 44.5 Å². The zero-order valence-electron chi connectivity index (χ0n) is 34.9. The first-order valence-corrected chi connectivity index (χ1v) is 22.1. The van der Waals surface area contributed by atoms with Gasteiger partial charge in [0.2, 0.25) is 0 Å². The lowest BCUT2D eigenvalue weighted by molar-refractivity contribution is 0.442. The maximum absolute atomic E-state index is 10.7. The minimum absolute atomic E-state index is 0.183. The molecule has 0 saturated carbocycles. The molecule has 1 unspecified atom stereocenters. The van der Waals surface area contributed by atoms with Crippen LogP contribution in [0.5, 0.6) is 46.0 Å². The summed E-state index contributed by atoms with van der Waals surface area (Å²) in [6.07, 6.45) is 0. The van der Waals surface area contributed by atoms with Crippen molar-refractivity contribution in [2.75, 3.05) is 0 Å². The number of fused-ring (bicyclic) bond motifs is 25. The third-order valence-corrected chi connectivity index (χ3v) is 15.0. The predicted molar refractivity (Wildman–Crippen MR) is 258 cm³/mol. The largest absolute Gasteiger partial charge is 0.508 e. The van der Waals surface area contributed by atoms with Gasteiger partial charge in [0.15, 0.2) is 0 Å². The molecule has 2 heterocycles. The fourth-order valence-corrected chi connectivity index (χ4v) is 12.4. The van der Waals surface area contributed by atoms with E-state index in [1.165, 1.54) is 0 Å². The van der Waals surface area contributed by atoms with E-state index < -0.39 is 10.8 Å². The van der Waals surface area contributed by atoms with Crippen LogP contribution in [0.15, 0.2) is 182 Å². The standard InChI is InChI=1S/C60H34O6/c61-36-13-9-31-27-54-55(28-35(31)26-36)65-56-40-17-14-37(62)23-32(40)10-20-49(56)60(54)48-8-4-2-6-44(48)46-29-52-45(30-53(46)60)43-5-1-3-7-47(43)59(52)50-21-11-33-24-38(63)15-18-41(33)57(50)66-58-42-19-16-39(64)25-34(42)12-22-51(58)59/h1-30,61-64H. The van der Waals surface area contributed by atoms with Crippen molar-refractivity contribution in [2.24, 2.45) is 0 Å². The summed E-state index contributed by atoms with van der Waals surface area (Å²) >= 11 is 0. The molecule has 15 rings (SSSR count). The summed E-state index contributed by atoms with van der Waals surface area (Å²) in [6, 6.07) is 61.2. The fourth-order valence-electron chi connectivity index (χ4n) is 12.4. The van der Waals surface area contributed by atoms with Crippen molar-refractivity contribution in [3.8, 4) is 68.2 Å². The number of rotatable bonds is 0. The molecule has 0 saturated heterocycles.